The highest BCUT2D eigenvalue weighted by Gasteiger charge is 1.90. The molecule has 1 N–H and O–H groups in total. The zero-order valence-corrected chi connectivity index (χ0v) is 3.92. The van der Waals surface area contributed by atoms with Crippen LogP contribution in [0.1, 0.15) is 0 Å². The molecule has 0 unspecified atom stereocenters. The monoisotopic (exact) mass is 113 g/mol. The van der Waals surface area contributed by atoms with E-state index in [1.807, 2.05) is 0 Å². The van der Waals surface area contributed by atoms with Crippen LogP contribution in [0.4, 0.5) is 0 Å². The van der Waals surface area contributed by atoms with Crippen LogP contribution in [0, 0.1) is 5.56 Å². The lowest BCUT2D eigenvalue weighted by Gasteiger charge is -1.83. The van der Waals surface area contributed by atoms with Crippen LogP contribution in [0.15, 0.2) is 0 Å². The molecule has 0 amide bonds. The van der Waals surface area contributed by atoms with E-state index in [9.17, 15) is 0 Å². The van der Waals surface area contributed by atoms with Crippen LogP contribution in [0.2, 0.25) is 0 Å². The molecule has 1 radical (unpaired) electrons. The first-order valence-corrected chi connectivity index (χ1v) is 1.95. The van der Waals surface area contributed by atoms with Gasteiger partial charge in [0.2, 0.25) is 0 Å². The second-order valence-electron chi connectivity index (χ2n) is 0.510. The molecule has 0 aromatic carbocycles. The Morgan fingerprint density at radius 3 is 2.00 bits per heavy atom. The lowest BCUT2D eigenvalue weighted by atomic mass is 10.9. The lowest BCUT2D eigenvalue weighted by molar-refractivity contribution is 0.376. The summed E-state index contributed by atoms with van der Waals surface area (Å²) in [6, 6.07) is 0. The average molecular weight is 114 g/mol. The van der Waals surface area contributed by atoms with Crippen LogP contribution < -0.4 is 0 Å². The third-order valence-electron chi connectivity index (χ3n) is 0.110. The molecule has 0 heterocycles. The Balaban J connectivity index is 2.54. The standard InChI is InChI=1S/C2H3Cl2O/c3-1-2(4)5/h5H,1H2. The van der Waals surface area contributed by atoms with E-state index in [-0.39, 0.29) is 11.4 Å². The quantitative estimate of drug-likeness (QED) is 0.509. The first kappa shape index (κ1) is 5.54. The minimum Gasteiger partial charge on any atom is -0.370 e. The van der Waals surface area contributed by atoms with Crippen molar-refractivity contribution in [3.8, 4) is 0 Å². The van der Waals surface area contributed by atoms with Gasteiger partial charge in [0.25, 0.3) is 0 Å². The second kappa shape index (κ2) is 2.76. The van der Waals surface area contributed by atoms with Gasteiger partial charge in [-0.05, 0) is 0 Å². The smallest absolute Gasteiger partial charge is 0.196 e. The SMILES string of the molecule is O[C](Cl)CCl. The predicted octanol–water partition coefficient (Wildman–Crippen LogP) is 1.33. The van der Waals surface area contributed by atoms with Crippen LogP contribution in [0.25, 0.3) is 0 Å². The fourth-order valence-corrected chi connectivity index (χ4v) is 0. The van der Waals surface area contributed by atoms with Crippen LogP contribution >= 0.6 is 23.2 Å². The van der Waals surface area contributed by atoms with E-state index in [0.29, 0.717) is 0 Å². The highest BCUT2D eigenvalue weighted by atomic mass is 35.5. The van der Waals surface area contributed by atoms with Crippen molar-refractivity contribution < 1.29 is 5.11 Å². The van der Waals surface area contributed by atoms with Crippen molar-refractivity contribution in [3.05, 3.63) is 5.56 Å². The van der Waals surface area contributed by atoms with Gasteiger partial charge < -0.3 is 5.11 Å². The second-order valence-corrected chi connectivity index (χ2v) is 1.21. The van der Waals surface area contributed by atoms with E-state index >= 15 is 0 Å². The zero-order valence-electron chi connectivity index (χ0n) is 2.41. The van der Waals surface area contributed by atoms with E-state index in [1.54, 1.807) is 0 Å². The number of halogens is 2. The van der Waals surface area contributed by atoms with Crippen molar-refractivity contribution >= 4 is 23.2 Å². The zero-order chi connectivity index (χ0) is 4.28. The topological polar surface area (TPSA) is 20.2 Å². The fourth-order valence-electron chi connectivity index (χ4n) is 0. The Kier molecular flexibility index (Phi) is 3.06. The van der Waals surface area contributed by atoms with Gasteiger partial charge in [0.05, 0.1) is 5.88 Å². The maximum Gasteiger partial charge on any atom is 0.196 e. The Morgan fingerprint density at radius 1 is 1.80 bits per heavy atom. The van der Waals surface area contributed by atoms with Gasteiger partial charge in [-0.25, -0.2) is 0 Å². The highest BCUT2D eigenvalue weighted by molar-refractivity contribution is 6.32. The molecule has 5 heavy (non-hydrogen) atoms. The third kappa shape index (κ3) is 4.54. The van der Waals surface area contributed by atoms with E-state index in [4.69, 9.17) is 28.3 Å². The van der Waals surface area contributed by atoms with Gasteiger partial charge in [0.15, 0.2) is 5.56 Å². The van der Waals surface area contributed by atoms with Gasteiger partial charge in [0, 0.05) is 0 Å². The normalized spacial score (nSPS) is 9.60. The lowest BCUT2D eigenvalue weighted by Crippen LogP contribution is -1.81. The molecule has 0 fully saturated rings. The summed E-state index contributed by atoms with van der Waals surface area (Å²) in [6.07, 6.45) is 0. The van der Waals surface area contributed by atoms with Gasteiger partial charge in [-0.1, -0.05) is 11.6 Å². The number of hydrogen-bond acceptors (Lipinski definition) is 1. The van der Waals surface area contributed by atoms with Crippen molar-refractivity contribution in [1.29, 1.82) is 0 Å². The summed E-state index contributed by atoms with van der Waals surface area (Å²) in [4.78, 5) is 0. The van der Waals surface area contributed by atoms with Crippen molar-refractivity contribution in [3.63, 3.8) is 0 Å². The van der Waals surface area contributed by atoms with Crippen molar-refractivity contribution in [2.75, 3.05) is 5.88 Å². The van der Waals surface area contributed by atoms with Crippen molar-refractivity contribution in [2.24, 2.45) is 0 Å². The summed E-state index contributed by atoms with van der Waals surface area (Å²) in [5.74, 6) is 0.0154. The molecule has 0 aromatic heterocycles. The molecule has 1 nitrogen and oxygen atoms in total. The van der Waals surface area contributed by atoms with Crippen LogP contribution in [0.3, 0.4) is 0 Å². The Morgan fingerprint density at radius 2 is 2.00 bits per heavy atom. The first-order chi connectivity index (χ1) is 2.27. The molecule has 0 atom stereocenters. The van der Waals surface area contributed by atoms with E-state index in [2.05, 4.69) is 0 Å². The molecule has 0 aromatic rings. The molecule has 0 saturated heterocycles. The molecule has 0 saturated carbocycles. The molecule has 0 aliphatic rings. The summed E-state index contributed by atoms with van der Waals surface area (Å²) in [5.41, 5.74) is -0.258. The van der Waals surface area contributed by atoms with E-state index < -0.39 is 0 Å². The first-order valence-electron chi connectivity index (χ1n) is 1.03. The van der Waals surface area contributed by atoms with Gasteiger partial charge in [-0.3, -0.25) is 0 Å². The number of aliphatic hydroxyl groups is 1. The Hall–Kier alpha value is 0.540. The summed E-state index contributed by atoms with van der Waals surface area (Å²) in [6.45, 7) is 0. The molecule has 0 rings (SSSR count). The van der Waals surface area contributed by atoms with Crippen LogP contribution in [-0.4, -0.2) is 11.0 Å². The molecular weight excluding hydrogens is 111 g/mol. The molecule has 0 aliphatic heterocycles. The maximum absolute atomic E-state index is 7.91. The number of alkyl halides is 1. The average Bonchev–Trinajstić information content (AvgIpc) is 1.38. The van der Waals surface area contributed by atoms with Crippen molar-refractivity contribution in [2.45, 2.75) is 0 Å². The predicted molar refractivity (Wildman–Crippen MR) is 21.8 cm³/mol. The summed E-state index contributed by atoms with van der Waals surface area (Å²) >= 11 is 9.72. The molecule has 3 heteroatoms. The largest absolute Gasteiger partial charge is 0.370 e. The fraction of sp³-hybridized carbons (Fsp3) is 0.500. The van der Waals surface area contributed by atoms with E-state index in [0.717, 1.165) is 0 Å². The third-order valence-corrected chi connectivity index (χ3v) is 0.634. The number of hydrogen-bond donors (Lipinski definition) is 1. The Labute approximate surface area is 40.5 Å². The van der Waals surface area contributed by atoms with Gasteiger partial charge >= 0.3 is 0 Å². The van der Waals surface area contributed by atoms with Gasteiger partial charge in [0.1, 0.15) is 0 Å². The van der Waals surface area contributed by atoms with E-state index in [1.165, 1.54) is 0 Å². The molecular formula is C2H3Cl2O. The number of aliphatic hydroxyl groups excluding tert-OH is 1. The van der Waals surface area contributed by atoms with Gasteiger partial charge in [-0.2, -0.15) is 0 Å². The minimum absolute atomic E-state index is 0.0154. The molecule has 0 bridgehead atoms. The van der Waals surface area contributed by atoms with Crippen LogP contribution in [0.5, 0.6) is 0 Å². The highest BCUT2D eigenvalue weighted by Crippen LogP contribution is 1.99. The Bertz CT molecular complexity index is 21.6. The van der Waals surface area contributed by atoms with Crippen molar-refractivity contribution in [1.82, 2.24) is 0 Å². The molecule has 31 valence electrons. The van der Waals surface area contributed by atoms with Gasteiger partial charge in [-0.15, -0.1) is 11.6 Å². The molecule has 0 aliphatic carbocycles. The van der Waals surface area contributed by atoms with Crippen LogP contribution in [-0.2, 0) is 0 Å². The summed E-state index contributed by atoms with van der Waals surface area (Å²) < 4.78 is 0. The molecule has 0 spiro atoms. The maximum atomic E-state index is 7.91. The summed E-state index contributed by atoms with van der Waals surface area (Å²) in [5, 5.41) is 7.91. The minimum atomic E-state index is -0.258. The summed E-state index contributed by atoms with van der Waals surface area (Å²) in [7, 11) is 0. The number of rotatable bonds is 1.